The molecule has 1 aliphatic heterocycles. The lowest BCUT2D eigenvalue weighted by Gasteiger charge is -2.32. The predicted octanol–water partition coefficient (Wildman–Crippen LogP) is 6.07. The van der Waals surface area contributed by atoms with Crippen LogP contribution < -0.4 is 5.32 Å². The van der Waals surface area contributed by atoms with Crippen molar-refractivity contribution in [3.05, 3.63) is 95.3 Å². The van der Waals surface area contributed by atoms with Crippen LogP contribution in [0.1, 0.15) is 18.4 Å². The molecule has 3 aromatic rings. The van der Waals surface area contributed by atoms with Gasteiger partial charge in [-0.05, 0) is 54.8 Å². The van der Waals surface area contributed by atoms with Crippen LogP contribution in [0, 0.1) is 5.82 Å². The Morgan fingerprint density at radius 1 is 1.06 bits per heavy atom. The van der Waals surface area contributed by atoms with Gasteiger partial charge in [0.05, 0.1) is 16.4 Å². The summed E-state index contributed by atoms with van der Waals surface area (Å²) in [6, 6.07) is 22.7. The highest BCUT2D eigenvalue weighted by Gasteiger charge is 2.35. The van der Waals surface area contributed by atoms with Gasteiger partial charge < -0.3 is 5.32 Å². The molecular formula is C26H23ClFN3O2S. The Kier molecular flexibility index (Phi) is 7.98. The molecule has 0 bridgehead atoms. The van der Waals surface area contributed by atoms with E-state index in [0.29, 0.717) is 28.1 Å². The molecule has 5 nitrogen and oxygen atoms in total. The number of hydrogen-bond donors (Lipinski definition) is 1. The van der Waals surface area contributed by atoms with E-state index >= 15 is 0 Å². The quantitative estimate of drug-likeness (QED) is 0.432. The summed E-state index contributed by atoms with van der Waals surface area (Å²) >= 11 is 7.39. The third-order valence-electron chi connectivity index (χ3n) is 5.31. The molecule has 3 aromatic carbocycles. The molecule has 1 fully saturated rings. The number of rotatable bonds is 7. The number of anilines is 1. The summed E-state index contributed by atoms with van der Waals surface area (Å²) in [6.07, 6.45) is 1.61. The van der Waals surface area contributed by atoms with Gasteiger partial charge in [0.25, 0.3) is 0 Å². The number of carbonyl (C=O) groups is 2. The summed E-state index contributed by atoms with van der Waals surface area (Å²) in [6.45, 7) is 0.472. The lowest BCUT2D eigenvalue weighted by atomic mass is 10.1. The number of amides is 2. The predicted molar refractivity (Wildman–Crippen MR) is 136 cm³/mol. The van der Waals surface area contributed by atoms with Crippen molar-refractivity contribution in [3.63, 3.8) is 0 Å². The normalized spacial score (nSPS) is 17.1. The number of aryl methyl sites for hydroxylation is 1. The number of nitrogens with one attached hydrogen (secondary N) is 1. The second-order valence-corrected chi connectivity index (χ2v) is 9.36. The molecule has 4 rings (SSSR count). The molecule has 1 atom stereocenters. The zero-order valence-corrected chi connectivity index (χ0v) is 19.9. The molecule has 0 saturated carbocycles. The lowest BCUT2D eigenvalue weighted by Crippen LogP contribution is -2.45. The third kappa shape index (κ3) is 6.24. The van der Waals surface area contributed by atoms with Gasteiger partial charge in [-0.2, -0.15) is 0 Å². The maximum Gasteiger partial charge on any atom is 0.238 e. The van der Waals surface area contributed by atoms with E-state index in [9.17, 15) is 14.0 Å². The fraction of sp³-hybridized carbons (Fsp3) is 0.192. The number of hydrogen-bond acceptors (Lipinski definition) is 4. The van der Waals surface area contributed by atoms with Gasteiger partial charge in [-0.25, -0.2) is 9.38 Å². The maximum atomic E-state index is 13.4. The minimum atomic E-state index is -0.659. The van der Waals surface area contributed by atoms with Gasteiger partial charge in [0.15, 0.2) is 5.17 Å². The van der Waals surface area contributed by atoms with Crippen LogP contribution in [0.2, 0.25) is 5.02 Å². The van der Waals surface area contributed by atoms with E-state index in [1.165, 1.54) is 29.5 Å². The molecule has 8 heteroatoms. The van der Waals surface area contributed by atoms with Gasteiger partial charge in [-0.15, -0.1) is 0 Å². The topological polar surface area (TPSA) is 61.8 Å². The van der Waals surface area contributed by atoms with Crippen LogP contribution in [-0.2, 0) is 16.0 Å². The first-order chi connectivity index (χ1) is 16.5. The average molecular weight is 496 g/mol. The Morgan fingerprint density at radius 3 is 2.50 bits per heavy atom. The highest BCUT2D eigenvalue weighted by atomic mass is 35.5. The van der Waals surface area contributed by atoms with Crippen LogP contribution in [0.5, 0.6) is 0 Å². The number of amidine groups is 1. The monoisotopic (exact) mass is 495 g/mol. The van der Waals surface area contributed by atoms with Gasteiger partial charge in [-0.1, -0.05) is 65.8 Å². The van der Waals surface area contributed by atoms with E-state index in [1.807, 2.05) is 18.2 Å². The molecule has 0 aromatic heterocycles. The smallest absolute Gasteiger partial charge is 0.238 e. The Labute approximate surface area is 207 Å². The molecular weight excluding hydrogens is 473 g/mol. The molecule has 0 spiro atoms. The first-order valence-corrected chi connectivity index (χ1v) is 12.2. The molecule has 34 heavy (non-hydrogen) atoms. The fourth-order valence-electron chi connectivity index (χ4n) is 3.55. The van der Waals surface area contributed by atoms with Crippen LogP contribution >= 0.6 is 23.4 Å². The number of para-hydroxylation sites is 1. The van der Waals surface area contributed by atoms with Crippen LogP contribution in [-0.4, -0.2) is 33.7 Å². The molecule has 1 heterocycles. The van der Waals surface area contributed by atoms with E-state index in [4.69, 9.17) is 11.6 Å². The number of halogens is 2. The van der Waals surface area contributed by atoms with Gasteiger partial charge in [0.1, 0.15) is 11.1 Å². The van der Waals surface area contributed by atoms with E-state index in [1.54, 1.807) is 41.3 Å². The molecule has 174 valence electrons. The molecule has 1 unspecified atom stereocenters. The number of aliphatic imine (C=N–C) groups is 1. The number of benzene rings is 3. The van der Waals surface area contributed by atoms with Crippen molar-refractivity contribution in [2.24, 2.45) is 4.99 Å². The van der Waals surface area contributed by atoms with E-state index in [-0.39, 0.29) is 24.1 Å². The molecule has 0 aliphatic carbocycles. The second-order valence-electron chi connectivity index (χ2n) is 7.79. The second kappa shape index (κ2) is 11.3. The zero-order chi connectivity index (χ0) is 23.9. The standard InChI is InChI=1S/C26H23ClFN3O2S/c27-21-10-4-5-11-22(21)30-25(33)23-17-24(32)31(16-6-9-18-7-2-1-3-8-18)26(34-23)29-20-14-12-19(28)13-15-20/h1-5,7-8,10-15,23H,6,9,16-17H2,(H,30,33). The van der Waals surface area contributed by atoms with Crippen molar-refractivity contribution in [3.8, 4) is 0 Å². The van der Waals surface area contributed by atoms with Gasteiger partial charge >= 0.3 is 0 Å². The Bertz CT molecular complexity index is 1190. The van der Waals surface area contributed by atoms with Crippen molar-refractivity contribution in [2.75, 3.05) is 11.9 Å². The number of nitrogens with zero attached hydrogens (tertiary/aromatic N) is 2. The van der Waals surface area contributed by atoms with Crippen molar-refractivity contribution in [2.45, 2.75) is 24.5 Å². The molecule has 0 radical (unpaired) electrons. The Balaban J connectivity index is 1.51. The summed E-state index contributed by atoms with van der Waals surface area (Å²) in [5, 5.41) is 2.99. The summed E-state index contributed by atoms with van der Waals surface area (Å²) in [4.78, 5) is 32.2. The van der Waals surface area contributed by atoms with Crippen molar-refractivity contribution in [1.29, 1.82) is 0 Å². The Hall–Kier alpha value is -3.16. The highest BCUT2D eigenvalue weighted by Crippen LogP contribution is 2.31. The molecule has 1 saturated heterocycles. The fourth-order valence-corrected chi connectivity index (χ4v) is 4.86. The summed E-state index contributed by atoms with van der Waals surface area (Å²) in [5.41, 5.74) is 2.19. The van der Waals surface area contributed by atoms with Crippen molar-refractivity contribution >= 4 is 51.7 Å². The van der Waals surface area contributed by atoms with Crippen LogP contribution in [0.15, 0.2) is 83.9 Å². The van der Waals surface area contributed by atoms with Crippen molar-refractivity contribution < 1.29 is 14.0 Å². The third-order valence-corrected chi connectivity index (χ3v) is 6.82. The summed E-state index contributed by atoms with van der Waals surface area (Å²) in [7, 11) is 0. The number of carbonyl (C=O) groups excluding carboxylic acids is 2. The van der Waals surface area contributed by atoms with Crippen LogP contribution in [0.3, 0.4) is 0 Å². The summed E-state index contributed by atoms with van der Waals surface area (Å²) in [5.74, 6) is -0.859. The van der Waals surface area contributed by atoms with Gasteiger partial charge in [0, 0.05) is 13.0 Å². The van der Waals surface area contributed by atoms with E-state index in [2.05, 4.69) is 22.4 Å². The highest BCUT2D eigenvalue weighted by molar-refractivity contribution is 8.15. The van der Waals surface area contributed by atoms with Crippen molar-refractivity contribution in [1.82, 2.24) is 4.90 Å². The Morgan fingerprint density at radius 2 is 1.76 bits per heavy atom. The lowest BCUT2D eigenvalue weighted by molar-refractivity contribution is -0.129. The van der Waals surface area contributed by atoms with Gasteiger partial charge in [0.2, 0.25) is 11.8 Å². The minimum Gasteiger partial charge on any atom is -0.324 e. The van der Waals surface area contributed by atoms with E-state index in [0.717, 1.165) is 12.8 Å². The van der Waals surface area contributed by atoms with E-state index < -0.39 is 5.25 Å². The van der Waals surface area contributed by atoms with Crippen LogP contribution in [0.25, 0.3) is 0 Å². The van der Waals surface area contributed by atoms with Crippen LogP contribution in [0.4, 0.5) is 15.8 Å². The van der Waals surface area contributed by atoms with Gasteiger partial charge in [-0.3, -0.25) is 14.5 Å². The minimum absolute atomic E-state index is 0.0503. The first kappa shape index (κ1) is 24.0. The molecule has 1 N–H and O–H groups in total. The zero-order valence-electron chi connectivity index (χ0n) is 18.3. The molecule has 2 amide bonds. The molecule has 1 aliphatic rings. The first-order valence-electron chi connectivity index (χ1n) is 10.9. The maximum absolute atomic E-state index is 13.4. The summed E-state index contributed by atoms with van der Waals surface area (Å²) < 4.78 is 13.4. The average Bonchev–Trinajstić information content (AvgIpc) is 2.84. The number of thioether (sulfide) groups is 1. The largest absolute Gasteiger partial charge is 0.324 e. The SMILES string of the molecule is O=C(Nc1ccccc1Cl)C1CC(=O)N(CCCc2ccccc2)C(=Nc2ccc(F)cc2)S1.